The molecule has 0 unspecified atom stereocenters. The van der Waals surface area contributed by atoms with Crippen LogP contribution in [0.2, 0.25) is 0 Å². The zero-order chi connectivity index (χ0) is 23.2. The average molecular weight is 633 g/mol. The second kappa shape index (κ2) is 9.02. The Balaban J connectivity index is 0.00000253. The number of anilines is 6. The number of aromatic nitrogens is 2. The van der Waals surface area contributed by atoms with Crippen molar-refractivity contribution in [2.24, 2.45) is 0 Å². The molecule has 4 aromatic rings. The number of hydrogen-bond acceptors (Lipinski definition) is 6. The molecule has 2 aliphatic heterocycles. The summed E-state index contributed by atoms with van der Waals surface area (Å²) in [7, 11) is 4.02. The van der Waals surface area contributed by atoms with E-state index in [1.54, 1.807) is 12.4 Å². The van der Waals surface area contributed by atoms with Gasteiger partial charge in [0.25, 0.3) is 0 Å². The van der Waals surface area contributed by atoms with Gasteiger partial charge in [0.05, 0.1) is 6.57 Å². The fourth-order valence-corrected chi connectivity index (χ4v) is 4.33. The molecule has 0 radical (unpaired) electrons. The van der Waals surface area contributed by atoms with Gasteiger partial charge in [-0.2, -0.15) is 13.3 Å². The number of benzene rings is 2. The van der Waals surface area contributed by atoms with Crippen molar-refractivity contribution in [1.82, 2.24) is 9.97 Å². The van der Waals surface area contributed by atoms with Crippen LogP contribution in [0, 0.1) is 26.0 Å². The summed E-state index contributed by atoms with van der Waals surface area (Å²) in [6.07, 6.45) is 3.60. The maximum atomic E-state index is 7.26. The smallest absolute Gasteiger partial charge is 0.187 e. The standard InChI is InChI=1S/C27H20N7.Os/c1-28-21-10-8-19(9-11-21)20-14-22(33-17-31(2)24-6-4-12-29-26(24)33)16-23(15-20)34-18-32(3)25-7-5-13-30-27(25)34;/h4-15,17-18H,2-3H3;/q-3;. The first-order chi connectivity index (χ1) is 16.6. The number of rotatable bonds is 3. The summed E-state index contributed by atoms with van der Waals surface area (Å²) in [6.45, 7) is 11.3. The molecule has 8 heteroatoms. The van der Waals surface area contributed by atoms with Gasteiger partial charge in [0.2, 0.25) is 0 Å². The van der Waals surface area contributed by atoms with Crippen LogP contribution in [0.25, 0.3) is 16.0 Å². The van der Waals surface area contributed by atoms with Crippen LogP contribution < -0.4 is 19.6 Å². The summed E-state index contributed by atoms with van der Waals surface area (Å²) in [6, 6.07) is 23.4. The van der Waals surface area contributed by atoms with Crippen molar-refractivity contribution in [3.63, 3.8) is 0 Å². The van der Waals surface area contributed by atoms with E-state index in [1.807, 2.05) is 63.8 Å². The Morgan fingerprint density at radius 3 is 1.77 bits per heavy atom. The Bertz CT molecular complexity index is 1350. The molecule has 0 bridgehead atoms. The molecule has 2 aromatic carbocycles. The van der Waals surface area contributed by atoms with E-state index < -0.39 is 0 Å². The van der Waals surface area contributed by atoms with Crippen molar-refractivity contribution in [2.45, 2.75) is 0 Å². The van der Waals surface area contributed by atoms with E-state index in [0.29, 0.717) is 5.69 Å². The predicted molar refractivity (Wildman–Crippen MR) is 135 cm³/mol. The minimum Gasteiger partial charge on any atom is -0.502 e. The molecule has 2 aliphatic rings. The first-order valence-corrected chi connectivity index (χ1v) is 10.8. The van der Waals surface area contributed by atoms with Crippen LogP contribution >= 0.6 is 0 Å². The summed E-state index contributed by atoms with van der Waals surface area (Å²) < 4.78 is 0. The molecule has 0 saturated heterocycles. The zero-order valence-corrected chi connectivity index (χ0v) is 21.6. The Labute approximate surface area is 218 Å². The van der Waals surface area contributed by atoms with Crippen molar-refractivity contribution < 1.29 is 19.8 Å². The Morgan fingerprint density at radius 2 is 1.29 bits per heavy atom. The summed E-state index contributed by atoms with van der Waals surface area (Å²) in [5, 5.41) is 0. The number of pyridine rings is 2. The van der Waals surface area contributed by atoms with Gasteiger partial charge in [-0.25, -0.2) is 14.8 Å². The van der Waals surface area contributed by atoms with Gasteiger partial charge in [-0.15, -0.1) is 35.1 Å². The molecule has 7 nitrogen and oxygen atoms in total. The zero-order valence-electron chi connectivity index (χ0n) is 19.1. The van der Waals surface area contributed by atoms with Gasteiger partial charge < -0.3 is 19.6 Å². The number of nitrogens with zero attached hydrogens (tertiary/aromatic N) is 7. The maximum absolute atomic E-state index is 7.26. The van der Waals surface area contributed by atoms with E-state index in [0.717, 1.165) is 45.5 Å². The molecule has 4 heterocycles. The van der Waals surface area contributed by atoms with Gasteiger partial charge in [-0.05, 0) is 43.9 Å². The molecule has 0 fully saturated rings. The van der Waals surface area contributed by atoms with Crippen LogP contribution in [-0.4, -0.2) is 24.1 Å². The quantitative estimate of drug-likeness (QED) is 0.262. The first kappa shape index (κ1) is 22.8. The fraction of sp³-hybridized carbons (Fsp3) is 0.0741. The second-order valence-corrected chi connectivity index (χ2v) is 8.18. The second-order valence-electron chi connectivity index (χ2n) is 8.18. The Morgan fingerprint density at radius 1 is 0.771 bits per heavy atom. The summed E-state index contributed by atoms with van der Waals surface area (Å²) in [5.41, 5.74) is 6.45. The van der Waals surface area contributed by atoms with Crippen molar-refractivity contribution in [3.05, 3.63) is 104 Å². The molecule has 0 spiro atoms. The third-order valence-corrected chi connectivity index (χ3v) is 6.02. The fourth-order valence-electron chi connectivity index (χ4n) is 4.33. The molecule has 174 valence electrons. The van der Waals surface area contributed by atoms with Crippen molar-refractivity contribution in [3.8, 4) is 11.1 Å². The molecular formula is C27H20N7Os-3. The van der Waals surface area contributed by atoms with Gasteiger partial charge in [-0.3, -0.25) is 0 Å². The van der Waals surface area contributed by atoms with Gasteiger partial charge >= 0.3 is 0 Å². The minimum atomic E-state index is 0. The van der Waals surface area contributed by atoms with Crippen molar-refractivity contribution in [1.29, 1.82) is 0 Å². The molecule has 0 aliphatic carbocycles. The number of hydrogen-bond donors (Lipinski definition) is 0. The monoisotopic (exact) mass is 634 g/mol. The van der Waals surface area contributed by atoms with Crippen molar-refractivity contribution in [2.75, 3.05) is 33.7 Å². The molecule has 0 N–H and O–H groups in total. The van der Waals surface area contributed by atoms with Gasteiger partial charge in [-0.1, -0.05) is 24.3 Å². The van der Waals surface area contributed by atoms with E-state index in [2.05, 4.69) is 64.7 Å². The first-order valence-electron chi connectivity index (χ1n) is 10.8. The van der Waals surface area contributed by atoms with E-state index in [-0.39, 0.29) is 19.8 Å². The normalized spacial score (nSPS) is 13.9. The third kappa shape index (κ3) is 3.89. The van der Waals surface area contributed by atoms with Gasteiger partial charge in [0.15, 0.2) is 5.69 Å². The van der Waals surface area contributed by atoms with Gasteiger partial charge in [0, 0.05) is 43.6 Å². The minimum absolute atomic E-state index is 0. The van der Waals surface area contributed by atoms with E-state index in [4.69, 9.17) is 6.57 Å². The summed E-state index contributed by atoms with van der Waals surface area (Å²) in [5.74, 6) is 1.71. The SMILES string of the molecule is [C-]#[N+]c1ccc(-c2cc(N3[CH-]N(C)c4cccnc43)[c-]c(N3[CH-]N(C)c4cccnc43)c2)cc1.[Os]. The summed E-state index contributed by atoms with van der Waals surface area (Å²) >= 11 is 0. The van der Waals surface area contributed by atoms with E-state index in [1.165, 1.54) is 0 Å². The molecule has 0 amide bonds. The largest absolute Gasteiger partial charge is 0.502 e. The Kier molecular flexibility index (Phi) is 5.89. The van der Waals surface area contributed by atoms with Crippen LogP contribution in [0.1, 0.15) is 0 Å². The van der Waals surface area contributed by atoms with Crippen LogP contribution in [0.3, 0.4) is 0 Å². The third-order valence-electron chi connectivity index (χ3n) is 6.02. The topological polar surface area (TPSA) is 43.1 Å². The van der Waals surface area contributed by atoms with Crippen LogP contribution in [0.4, 0.5) is 40.1 Å². The van der Waals surface area contributed by atoms with Crippen LogP contribution in [0.5, 0.6) is 0 Å². The molecule has 0 saturated carbocycles. The van der Waals surface area contributed by atoms with Gasteiger partial charge in [0.1, 0.15) is 11.6 Å². The van der Waals surface area contributed by atoms with Crippen LogP contribution in [0.15, 0.2) is 73.1 Å². The number of fused-ring (bicyclic) bond motifs is 2. The summed E-state index contributed by atoms with van der Waals surface area (Å²) in [4.78, 5) is 21.0. The molecule has 2 aromatic heterocycles. The maximum Gasteiger partial charge on any atom is 0.187 e. The predicted octanol–water partition coefficient (Wildman–Crippen LogP) is 5.91. The molecule has 0 atom stereocenters. The average Bonchev–Trinajstić information content (AvgIpc) is 3.41. The molecular weight excluding hydrogens is 613 g/mol. The molecule has 6 rings (SSSR count). The van der Waals surface area contributed by atoms with E-state index >= 15 is 0 Å². The molecule has 35 heavy (non-hydrogen) atoms. The van der Waals surface area contributed by atoms with Crippen molar-refractivity contribution >= 4 is 40.1 Å². The van der Waals surface area contributed by atoms with Crippen LogP contribution in [-0.2, 0) is 19.8 Å². The Hall–Kier alpha value is -3.93. The van der Waals surface area contributed by atoms with E-state index in [9.17, 15) is 0 Å².